The van der Waals surface area contributed by atoms with Crippen LogP contribution in [0.4, 0.5) is 0 Å². The number of imidazole rings is 1. The number of nitrogens with one attached hydrogen (secondary N) is 2. The molecule has 0 spiro atoms. The zero-order valence-electron chi connectivity index (χ0n) is 14.2. The first-order valence-electron chi connectivity index (χ1n) is 8.58. The molecule has 0 saturated carbocycles. The first-order chi connectivity index (χ1) is 12.8. The number of H-pyrrole nitrogens is 1. The predicted octanol–water partition coefficient (Wildman–Crippen LogP) is 3.99. The van der Waals surface area contributed by atoms with Gasteiger partial charge in [0.1, 0.15) is 0 Å². The molecular formula is C21H19N3O2. The Labute approximate surface area is 151 Å². The molecule has 4 aromatic rings. The van der Waals surface area contributed by atoms with Crippen LogP contribution in [0.25, 0.3) is 11.0 Å². The van der Waals surface area contributed by atoms with Crippen molar-refractivity contribution in [3.63, 3.8) is 0 Å². The van der Waals surface area contributed by atoms with E-state index < -0.39 is 0 Å². The van der Waals surface area contributed by atoms with Crippen LogP contribution in [0.15, 0.2) is 77.9 Å². The van der Waals surface area contributed by atoms with Gasteiger partial charge in [0.05, 0.1) is 35.9 Å². The van der Waals surface area contributed by atoms with Crippen molar-refractivity contribution in [1.82, 2.24) is 15.3 Å². The van der Waals surface area contributed by atoms with Crippen LogP contribution in [0, 0.1) is 0 Å². The maximum Gasteiger partial charge on any atom is 0.221 e. The predicted molar refractivity (Wildman–Crippen MR) is 99.6 cm³/mol. The number of fused-ring (bicyclic) bond motifs is 1. The van der Waals surface area contributed by atoms with Gasteiger partial charge in [-0.3, -0.25) is 4.79 Å². The van der Waals surface area contributed by atoms with Crippen molar-refractivity contribution in [2.24, 2.45) is 0 Å². The molecule has 0 aliphatic carbocycles. The fourth-order valence-corrected chi connectivity index (χ4v) is 3.06. The first kappa shape index (κ1) is 16.1. The zero-order chi connectivity index (χ0) is 17.8. The van der Waals surface area contributed by atoms with E-state index in [1.807, 2.05) is 54.6 Å². The summed E-state index contributed by atoms with van der Waals surface area (Å²) < 4.78 is 5.06. The molecule has 5 heteroatoms. The number of hydrogen-bond donors (Lipinski definition) is 2. The van der Waals surface area contributed by atoms with Gasteiger partial charge in [-0.25, -0.2) is 4.98 Å². The molecule has 0 bridgehead atoms. The lowest BCUT2D eigenvalue weighted by molar-refractivity contribution is -0.121. The molecular weight excluding hydrogens is 326 g/mol. The van der Waals surface area contributed by atoms with E-state index in [9.17, 15) is 4.79 Å². The van der Waals surface area contributed by atoms with E-state index in [0.717, 1.165) is 27.7 Å². The van der Waals surface area contributed by atoms with Crippen LogP contribution in [0.1, 0.15) is 29.2 Å². The van der Waals surface area contributed by atoms with Crippen molar-refractivity contribution in [3.05, 3.63) is 90.1 Å². The second-order valence-electron chi connectivity index (χ2n) is 6.22. The molecule has 5 nitrogen and oxygen atoms in total. The Morgan fingerprint density at radius 3 is 2.81 bits per heavy atom. The van der Waals surface area contributed by atoms with Crippen LogP contribution in [0.3, 0.4) is 0 Å². The third-order valence-corrected chi connectivity index (χ3v) is 4.44. The maximum absolute atomic E-state index is 12.5. The molecule has 2 heterocycles. The number of rotatable bonds is 6. The fourth-order valence-electron chi connectivity index (χ4n) is 3.06. The maximum atomic E-state index is 12.5. The summed E-state index contributed by atoms with van der Waals surface area (Å²) in [6.45, 7) is 0. The van der Waals surface area contributed by atoms with Crippen molar-refractivity contribution < 1.29 is 9.21 Å². The van der Waals surface area contributed by atoms with Crippen LogP contribution < -0.4 is 5.32 Å². The summed E-state index contributed by atoms with van der Waals surface area (Å²) in [4.78, 5) is 19.9. The van der Waals surface area contributed by atoms with Crippen LogP contribution in [0.5, 0.6) is 0 Å². The number of amides is 1. The third kappa shape index (κ3) is 3.52. The van der Waals surface area contributed by atoms with E-state index in [4.69, 9.17) is 4.42 Å². The second kappa shape index (κ2) is 7.27. The summed E-state index contributed by atoms with van der Waals surface area (Å²) in [5.74, 6) is 0.00441. The lowest BCUT2D eigenvalue weighted by atomic mass is 9.98. The zero-order valence-corrected chi connectivity index (χ0v) is 14.2. The highest BCUT2D eigenvalue weighted by Gasteiger charge is 2.17. The number of furan rings is 1. The number of nitrogens with zero attached hydrogens (tertiary/aromatic N) is 1. The summed E-state index contributed by atoms with van der Waals surface area (Å²) in [6, 6.07) is 17.7. The second-order valence-corrected chi connectivity index (χ2v) is 6.22. The molecule has 1 atom stereocenters. The Bertz CT molecular complexity index is 990. The summed E-state index contributed by atoms with van der Waals surface area (Å²) in [5, 5.41) is 3.17. The number of aromatic amines is 1. The Morgan fingerprint density at radius 1 is 1.12 bits per heavy atom. The average molecular weight is 345 g/mol. The monoisotopic (exact) mass is 345 g/mol. The number of hydrogen-bond acceptors (Lipinski definition) is 3. The van der Waals surface area contributed by atoms with E-state index >= 15 is 0 Å². The van der Waals surface area contributed by atoms with Crippen molar-refractivity contribution >= 4 is 16.9 Å². The van der Waals surface area contributed by atoms with Crippen molar-refractivity contribution in [3.8, 4) is 0 Å². The number of aromatic nitrogens is 2. The van der Waals surface area contributed by atoms with Gasteiger partial charge >= 0.3 is 0 Å². The van der Waals surface area contributed by atoms with Crippen LogP contribution in [-0.4, -0.2) is 15.9 Å². The highest BCUT2D eigenvalue weighted by atomic mass is 16.3. The molecule has 4 rings (SSSR count). The Kier molecular flexibility index (Phi) is 4.51. The van der Waals surface area contributed by atoms with E-state index in [1.54, 1.807) is 18.9 Å². The quantitative estimate of drug-likeness (QED) is 0.555. The number of aryl methyl sites for hydroxylation is 1. The van der Waals surface area contributed by atoms with Crippen LogP contribution in [0.2, 0.25) is 0 Å². The number of benzene rings is 2. The Hall–Kier alpha value is -3.34. The summed E-state index contributed by atoms with van der Waals surface area (Å²) in [5.41, 5.74) is 4.95. The Morgan fingerprint density at radius 2 is 2.00 bits per heavy atom. The van der Waals surface area contributed by atoms with Crippen molar-refractivity contribution in [1.29, 1.82) is 0 Å². The van der Waals surface area contributed by atoms with Gasteiger partial charge in [0.25, 0.3) is 0 Å². The molecule has 0 aliphatic rings. The van der Waals surface area contributed by atoms with Gasteiger partial charge < -0.3 is 14.7 Å². The molecule has 1 amide bonds. The van der Waals surface area contributed by atoms with Gasteiger partial charge in [-0.1, -0.05) is 36.4 Å². The molecule has 0 unspecified atom stereocenters. The van der Waals surface area contributed by atoms with E-state index in [0.29, 0.717) is 12.8 Å². The van der Waals surface area contributed by atoms with Crippen molar-refractivity contribution in [2.45, 2.75) is 18.9 Å². The molecule has 0 aliphatic heterocycles. The largest absolute Gasteiger partial charge is 0.472 e. The van der Waals surface area contributed by atoms with Gasteiger partial charge in [-0.2, -0.15) is 0 Å². The topological polar surface area (TPSA) is 70.9 Å². The van der Waals surface area contributed by atoms with E-state index in [1.165, 1.54) is 0 Å². The highest BCUT2D eigenvalue weighted by Crippen LogP contribution is 2.24. The molecule has 130 valence electrons. The molecule has 0 fully saturated rings. The SMILES string of the molecule is O=C(CCc1ccoc1)N[C@@H](c1ccccc1)c1ccc2nc[nH]c2c1. The summed E-state index contributed by atoms with van der Waals surface area (Å²) >= 11 is 0. The van der Waals surface area contributed by atoms with E-state index in [2.05, 4.69) is 15.3 Å². The summed E-state index contributed by atoms with van der Waals surface area (Å²) in [7, 11) is 0. The van der Waals surface area contributed by atoms with Gasteiger partial charge in [-0.15, -0.1) is 0 Å². The standard InChI is InChI=1S/C21H19N3O2/c25-20(9-6-15-10-11-26-13-15)24-21(16-4-2-1-3-5-16)17-7-8-18-19(12-17)23-14-22-18/h1-5,7-8,10-14,21H,6,9H2,(H,22,23)(H,24,25)/t21-/m0/s1. The average Bonchev–Trinajstić information content (AvgIpc) is 3.36. The van der Waals surface area contributed by atoms with Crippen LogP contribution in [-0.2, 0) is 11.2 Å². The number of carbonyl (C=O) groups excluding carboxylic acids is 1. The van der Waals surface area contributed by atoms with Crippen LogP contribution >= 0.6 is 0 Å². The molecule has 2 aromatic heterocycles. The van der Waals surface area contributed by atoms with Crippen molar-refractivity contribution in [2.75, 3.05) is 0 Å². The fraction of sp³-hybridized carbons (Fsp3) is 0.143. The number of carbonyl (C=O) groups is 1. The minimum absolute atomic E-state index is 0.00441. The lowest BCUT2D eigenvalue weighted by Gasteiger charge is -2.20. The minimum Gasteiger partial charge on any atom is -0.472 e. The molecule has 0 radical (unpaired) electrons. The van der Waals surface area contributed by atoms with Gasteiger partial charge in [0, 0.05) is 6.42 Å². The van der Waals surface area contributed by atoms with Gasteiger partial charge in [0.2, 0.25) is 5.91 Å². The highest BCUT2D eigenvalue weighted by molar-refractivity contribution is 5.78. The molecule has 0 saturated heterocycles. The smallest absolute Gasteiger partial charge is 0.221 e. The molecule has 26 heavy (non-hydrogen) atoms. The third-order valence-electron chi connectivity index (χ3n) is 4.44. The minimum atomic E-state index is -0.208. The molecule has 2 aromatic carbocycles. The normalized spacial score (nSPS) is 12.2. The summed E-state index contributed by atoms with van der Waals surface area (Å²) in [6.07, 6.45) is 6.04. The van der Waals surface area contributed by atoms with Gasteiger partial charge in [0.15, 0.2) is 0 Å². The Balaban J connectivity index is 1.57. The lowest BCUT2D eigenvalue weighted by Crippen LogP contribution is -2.29. The molecule has 2 N–H and O–H groups in total. The van der Waals surface area contributed by atoms with Gasteiger partial charge in [-0.05, 0) is 41.3 Å². The first-order valence-corrected chi connectivity index (χ1v) is 8.58. The van der Waals surface area contributed by atoms with E-state index in [-0.39, 0.29) is 11.9 Å².